The normalized spacial score (nSPS) is 16.0. The Labute approximate surface area is 139 Å². The molecular formula is C16H20BrN5. The molecule has 1 fully saturated rings. The molecule has 0 bridgehead atoms. The lowest BCUT2D eigenvalue weighted by Crippen LogP contribution is -2.19. The van der Waals surface area contributed by atoms with Crippen molar-refractivity contribution >= 4 is 33.4 Å². The largest absolute Gasteiger partial charge is 0.366 e. The van der Waals surface area contributed by atoms with Crippen LogP contribution in [0, 0.1) is 0 Å². The molecule has 0 aliphatic heterocycles. The van der Waals surface area contributed by atoms with Crippen molar-refractivity contribution in [3.63, 3.8) is 0 Å². The first-order valence-corrected chi connectivity index (χ1v) is 8.58. The van der Waals surface area contributed by atoms with E-state index in [2.05, 4.69) is 41.7 Å². The van der Waals surface area contributed by atoms with Gasteiger partial charge < -0.3 is 10.6 Å². The Balaban J connectivity index is 1.65. The van der Waals surface area contributed by atoms with Crippen molar-refractivity contribution in [1.82, 2.24) is 15.2 Å². The molecular weight excluding hydrogens is 342 g/mol. The van der Waals surface area contributed by atoms with Crippen LogP contribution in [-0.2, 0) is 0 Å². The zero-order valence-electron chi connectivity index (χ0n) is 12.4. The fourth-order valence-corrected chi connectivity index (χ4v) is 2.99. The fraction of sp³-hybridized carbons (Fsp3) is 0.438. The van der Waals surface area contributed by atoms with Gasteiger partial charge in [-0.3, -0.25) is 0 Å². The average molecular weight is 362 g/mol. The minimum Gasteiger partial charge on any atom is -0.366 e. The number of nitrogens with one attached hydrogen (secondary N) is 2. The Hall–Kier alpha value is -1.69. The highest BCUT2D eigenvalue weighted by Gasteiger charge is 2.13. The molecule has 0 unspecified atom stereocenters. The molecule has 6 heteroatoms. The summed E-state index contributed by atoms with van der Waals surface area (Å²) in [6.07, 6.45) is 9.38. The predicted octanol–water partition coefficient (Wildman–Crippen LogP) is 4.51. The smallest absolute Gasteiger partial charge is 0.249 e. The Morgan fingerprint density at radius 3 is 2.45 bits per heavy atom. The third kappa shape index (κ3) is 4.40. The standard InChI is InChI=1S/C16H20BrN5/c17-12-7-9-14(10-8-12)20-16-21-15(11-18-22-16)19-13-5-3-1-2-4-6-13/h7-11,13H,1-6H2,(H2,19,20,21,22). The molecule has 22 heavy (non-hydrogen) atoms. The summed E-state index contributed by atoms with van der Waals surface area (Å²) in [5, 5.41) is 14.8. The highest BCUT2D eigenvalue weighted by Crippen LogP contribution is 2.21. The maximum absolute atomic E-state index is 4.51. The molecule has 3 rings (SSSR count). The lowest BCUT2D eigenvalue weighted by Gasteiger charge is -2.16. The van der Waals surface area contributed by atoms with Crippen LogP contribution in [0.1, 0.15) is 38.5 Å². The molecule has 1 aromatic carbocycles. The Morgan fingerprint density at radius 1 is 1.00 bits per heavy atom. The summed E-state index contributed by atoms with van der Waals surface area (Å²) in [7, 11) is 0. The molecule has 0 amide bonds. The van der Waals surface area contributed by atoms with Gasteiger partial charge in [-0.25, -0.2) is 0 Å². The summed E-state index contributed by atoms with van der Waals surface area (Å²) in [4.78, 5) is 4.51. The number of rotatable bonds is 4. The molecule has 116 valence electrons. The molecule has 1 aliphatic rings. The maximum Gasteiger partial charge on any atom is 0.249 e. The third-order valence-electron chi connectivity index (χ3n) is 3.87. The number of benzene rings is 1. The minimum absolute atomic E-state index is 0.500. The first-order chi connectivity index (χ1) is 10.8. The second-order valence-electron chi connectivity index (χ2n) is 5.63. The number of nitrogens with zero attached hydrogens (tertiary/aromatic N) is 3. The van der Waals surface area contributed by atoms with E-state index in [1.54, 1.807) is 6.20 Å². The van der Waals surface area contributed by atoms with Crippen LogP contribution in [0.3, 0.4) is 0 Å². The Bertz CT molecular complexity index is 594. The third-order valence-corrected chi connectivity index (χ3v) is 4.40. The Morgan fingerprint density at radius 2 is 1.73 bits per heavy atom. The highest BCUT2D eigenvalue weighted by atomic mass is 79.9. The molecule has 1 aliphatic carbocycles. The van der Waals surface area contributed by atoms with E-state index in [1.807, 2.05) is 24.3 Å². The van der Waals surface area contributed by atoms with E-state index in [0.29, 0.717) is 12.0 Å². The number of aromatic nitrogens is 3. The van der Waals surface area contributed by atoms with Crippen LogP contribution in [0.4, 0.5) is 17.5 Å². The molecule has 0 saturated heterocycles. The first-order valence-electron chi connectivity index (χ1n) is 7.78. The van der Waals surface area contributed by atoms with Crippen LogP contribution >= 0.6 is 15.9 Å². The first kappa shape index (κ1) is 15.2. The van der Waals surface area contributed by atoms with Crippen molar-refractivity contribution < 1.29 is 0 Å². The van der Waals surface area contributed by atoms with Gasteiger partial charge >= 0.3 is 0 Å². The van der Waals surface area contributed by atoms with Crippen LogP contribution in [0.15, 0.2) is 34.9 Å². The average Bonchev–Trinajstić information content (AvgIpc) is 2.79. The lowest BCUT2D eigenvalue weighted by atomic mass is 10.1. The molecule has 1 aromatic heterocycles. The summed E-state index contributed by atoms with van der Waals surface area (Å²) in [6.45, 7) is 0. The summed E-state index contributed by atoms with van der Waals surface area (Å²) in [6, 6.07) is 8.39. The molecule has 0 spiro atoms. The topological polar surface area (TPSA) is 62.7 Å². The molecule has 0 radical (unpaired) electrons. The summed E-state index contributed by atoms with van der Waals surface area (Å²) in [5.74, 6) is 1.31. The number of halogens is 1. The second-order valence-corrected chi connectivity index (χ2v) is 6.55. The molecule has 5 nitrogen and oxygen atoms in total. The van der Waals surface area contributed by atoms with Crippen molar-refractivity contribution in [1.29, 1.82) is 0 Å². The van der Waals surface area contributed by atoms with Crippen LogP contribution in [0.5, 0.6) is 0 Å². The van der Waals surface area contributed by atoms with E-state index in [4.69, 9.17) is 0 Å². The maximum atomic E-state index is 4.51. The van der Waals surface area contributed by atoms with Gasteiger partial charge in [0.2, 0.25) is 5.95 Å². The van der Waals surface area contributed by atoms with E-state index >= 15 is 0 Å². The van der Waals surface area contributed by atoms with E-state index < -0.39 is 0 Å². The van der Waals surface area contributed by atoms with Gasteiger partial charge in [0.15, 0.2) is 5.82 Å². The van der Waals surface area contributed by atoms with Gasteiger partial charge in [-0.05, 0) is 37.1 Å². The van der Waals surface area contributed by atoms with Gasteiger partial charge in [0.05, 0.1) is 6.20 Å². The van der Waals surface area contributed by atoms with Gasteiger partial charge in [-0.15, -0.1) is 5.10 Å². The molecule has 1 saturated carbocycles. The van der Waals surface area contributed by atoms with Crippen molar-refractivity contribution in [2.45, 2.75) is 44.6 Å². The van der Waals surface area contributed by atoms with Gasteiger partial charge in [-0.2, -0.15) is 10.1 Å². The molecule has 2 aromatic rings. The van der Waals surface area contributed by atoms with Crippen LogP contribution in [0.2, 0.25) is 0 Å². The van der Waals surface area contributed by atoms with E-state index in [0.717, 1.165) is 16.0 Å². The van der Waals surface area contributed by atoms with E-state index in [9.17, 15) is 0 Å². The van der Waals surface area contributed by atoms with Crippen molar-refractivity contribution in [3.05, 3.63) is 34.9 Å². The Kier molecular flexibility index (Phi) is 5.21. The SMILES string of the molecule is Brc1ccc(Nc2nncc(NC3CCCCCC3)n2)cc1. The fourth-order valence-electron chi connectivity index (χ4n) is 2.72. The number of anilines is 3. The summed E-state index contributed by atoms with van der Waals surface area (Å²) in [5.41, 5.74) is 0.941. The van der Waals surface area contributed by atoms with Gasteiger partial charge in [0.1, 0.15) is 0 Å². The van der Waals surface area contributed by atoms with Crippen LogP contribution in [-0.4, -0.2) is 21.2 Å². The van der Waals surface area contributed by atoms with E-state index in [-0.39, 0.29) is 0 Å². The molecule has 1 heterocycles. The quantitative estimate of drug-likeness (QED) is 0.784. The second kappa shape index (κ2) is 7.54. The molecule has 2 N–H and O–H groups in total. The van der Waals surface area contributed by atoms with E-state index in [1.165, 1.54) is 38.5 Å². The van der Waals surface area contributed by atoms with Gasteiger partial charge in [0, 0.05) is 16.2 Å². The lowest BCUT2D eigenvalue weighted by molar-refractivity contribution is 0.617. The van der Waals surface area contributed by atoms with Crippen molar-refractivity contribution in [3.8, 4) is 0 Å². The number of hydrogen-bond acceptors (Lipinski definition) is 5. The molecule has 0 atom stereocenters. The minimum atomic E-state index is 0.500. The zero-order valence-corrected chi connectivity index (χ0v) is 14.0. The monoisotopic (exact) mass is 361 g/mol. The van der Waals surface area contributed by atoms with Crippen molar-refractivity contribution in [2.24, 2.45) is 0 Å². The summed E-state index contributed by atoms with van der Waals surface area (Å²) < 4.78 is 1.04. The van der Waals surface area contributed by atoms with Crippen molar-refractivity contribution in [2.75, 3.05) is 10.6 Å². The van der Waals surface area contributed by atoms with Gasteiger partial charge in [0.25, 0.3) is 0 Å². The van der Waals surface area contributed by atoms with Gasteiger partial charge in [-0.1, -0.05) is 41.6 Å². The van der Waals surface area contributed by atoms with Crippen LogP contribution < -0.4 is 10.6 Å². The zero-order chi connectivity index (χ0) is 15.2. The van der Waals surface area contributed by atoms with Crippen LogP contribution in [0.25, 0.3) is 0 Å². The number of hydrogen-bond donors (Lipinski definition) is 2. The predicted molar refractivity (Wildman–Crippen MR) is 92.4 cm³/mol. The highest BCUT2D eigenvalue weighted by molar-refractivity contribution is 9.10. The summed E-state index contributed by atoms with van der Waals surface area (Å²) >= 11 is 3.42.